The average Bonchev–Trinajstić information content (AvgIpc) is 3.19. The number of nitrogens with zero attached hydrogens (tertiary/aromatic N) is 3. The van der Waals surface area contributed by atoms with Gasteiger partial charge in [0.05, 0.1) is 11.9 Å². The Morgan fingerprint density at radius 2 is 1.74 bits per heavy atom. The van der Waals surface area contributed by atoms with Gasteiger partial charge in [-0.1, -0.05) is 11.8 Å². The number of phenolic OH excluding ortho intramolecular Hbond substituents is 1. The van der Waals surface area contributed by atoms with Crippen LogP contribution in [-0.4, -0.2) is 51.2 Å². The van der Waals surface area contributed by atoms with Crippen LogP contribution in [0.3, 0.4) is 0 Å². The van der Waals surface area contributed by atoms with E-state index < -0.39 is 29.6 Å². The summed E-state index contributed by atoms with van der Waals surface area (Å²) < 4.78 is 18.2. The number of halogens is 1. The molecule has 3 aromatic carbocycles. The van der Waals surface area contributed by atoms with Gasteiger partial charge in [-0.15, -0.1) is 5.10 Å². The third-order valence-electron chi connectivity index (χ3n) is 5.13. The van der Waals surface area contributed by atoms with Gasteiger partial charge < -0.3 is 20.3 Å². The van der Waals surface area contributed by atoms with Gasteiger partial charge in [-0.2, -0.15) is 5.10 Å². The molecule has 3 aromatic rings. The lowest BCUT2D eigenvalue weighted by Gasteiger charge is -2.16. The number of hydrogen-bond donors (Lipinski definition) is 3. The summed E-state index contributed by atoms with van der Waals surface area (Å²) in [6.07, 6.45) is 1.29. The molecule has 12 heteroatoms. The molecule has 2 amide bonds. The number of carbonyl (C=O) groups is 3. The van der Waals surface area contributed by atoms with E-state index in [4.69, 9.17) is 9.84 Å². The number of rotatable bonds is 9. The Balaban J connectivity index is 1.49. The molecule has 1 aliphatic heterocycles. The maximum atomic E-state index is 13.2. The molecule has 10 nitrogen and oxygen atoms in total. The summed E-state index contributed by atoms with van der Waals surface area (Å²) >= 11 is 1.07. The van der Waals surface area contributed by atoms with E-state index in [1.54, 1.807) is 36.4 Å². The smallest absolute Gasteiger partial charge is 0.341 e. The molecule has 0 spiro atoms. The van der Waals surface area contributed by atoms with Crippen LogP contribution in [0.25, 0.3) is 0 Å². The maximum absolute atomic E-state index is 13.2. The lowest BCUT2D eigenvalue weighted by atomic mass is 10.2. The minimum Gasteiger partial charge on any atom is -0.508 e. The zero-order chi connectivity index (χ0) is 27.1. The number of aliphatic carboxylic acids is 1. The molecule has 1 aliphatic rings. The molecule has 194 valence electrons. The highest BCUT2D eigenvalue weighted by Gasteiger charge is 2.40. The molecule has 0 aliphatic carbocycles. The van der Waals surface area contributed by atoms with Crippen molar-refractivity contribution in [2.75, 3.05) is 16.8 Å². The Bertz CT molecular complexity index is 1380. The topological polar surface area (TPSA) is 141 Å². The number of ether oxygens (including phenoxy) is 1. The molecule has 1 unspecified atom stereocenters. The first-order valence-electron chi connectivity index (χ1n) is 11.2. The first kappa shape index (κ1) is 26.4. The summed E-state index contributed by atoms with van der Waals surface area (Å²) in [5, 5.41) is 28.7. The summed E-state index contributed by atoms with van der Waals surface area (Å²) in [5.74, 6) is -1.92. The van der Waals surface area contributed by atoms with Crippen LogP contribution in [0.5, 0.6) is 11.5 Å². The van der Waals surface area contributed by atoms with Crippen LogP contribution in [0.4, 0.5) is 15.8 Å². The van der Waals surface area contributed by atoms with Crippen LogP contribution in [-0.2, 0) is 14.4 Å². The van der Waals surface area contributed by atoms with Crippen molar-refractivity contribution >= 4 is 52.3 Å². The van der Waals surface area contributed by atoms with Crippen molar-refractivity contribution in [2.24, 2.45) is 10.2 Å². The number of anilines is 2. The first-order chi connectivity index (χ1) is 18.3. The number of carboxylic acid groups (broad SMARTS) is 1. The average molecular weight is 537 g/mol. The van der Waals surface area contributed by atoms with Gasteiger partial charge >= 0.3 is 5.97 Å². The quantitative estimate of drug-likeness (QED) is 0.279. The number of hydrogen-bond acceptors (Lipinski definition) is 8. The van der Waals surface area contributed by atoms with Crippen molar-refractivity contribution in [1.82, 2.24) is 0 Å². The van der Waals surface area contributed by atoms with E-state index in [9.17, 15) is 23.9 Å². The van der Waals surface area contributed by atoms with Crippen LogP contribution in [0, 0.1) is 5.82 Å². The van der Waals surface area contributed by atoms with Crippen LogP contribution in [0.15, 0.2) is 83.0 Å². The number of carbonyl (C=O) groups excluding carboxylic acids is 2. The molecular formula is C26H21FN4O6S. The molecule has 4 rings (SSSR count). The molecule has 0 bridgehead atoms. The van der Waals surface area contributed by atoms with Crippen molar-refractivity contribution in [1.29, 1.82) is 0 Å². The lowest BCUT2D eigenvalue weighted by molar-refractivity contribution is -0.139. The van der Waals surface area contributed by atoms with Gasteiger partial charge in [-0.25, -0.2) is 9.18 Å². The number of carboxylic acids is 1. The van der Waals surface area contributed by atoms with E-state index in [0.717, 1.165) is 11.8 Å². The van der Waals surface area contributed by atoms with Crippen LogP contribution in [0.1, 0.15) is 12.0 Å². The fraction of sp³-hybridized carbons (Fsp3) is 0.115. The monoisotopic (exact) mass is 536 g/mol. The highest BCUT2D eigenvalue weighted by atomic mass is 32.2. The molecule has 0 radical (unpaired) electrons. The second-order valence-electron chi connectivity index (χ2n) is 7.93. The molecule has 1 saturated heterocycles. The Hall–Kier alpha value is -4.71. The van der Waals surface area contributed by atoms with E-state index in [0.29, 0.717) is 22.7 Å². The number of nitrogens with one attached hydrogen (secondary N) is 1. The standard InChI is InChI=1S/C26H21FN4O6S/c27-17-3-5-18(6-4-17)29-23(33)13-22-25(36)31(19-7-9-20(32)10-8-19)26(38-22)30-28-14-16-1-11-21(12-2-16)37-15-24(34)35/h1-12,14,22,32H,13,15H2,(H,29,33)(H,34,35). The number of thioether (sulfide) groups is 1. The molecule has 38 heavy (non-hydrogen) atoms. The van der Waals surface area contributed by atoms with Crippen LogP contribution in [0.2, 0.25) is 0 Å². The Morgan fingerprint density at radius 1 is 1.05 bits per heavy atom. The minimum atomic E-state index is -1.08. The van der Waals surface area contributed by atoms with E-state index in [1.807, 2.05) is 0 Å². The summed E-state index contributed by atoms with van der Waals surface area (Å²) in [4.78, 5) is 37.7. The van der Waals surface area contributed by atoms with Gasteiger partial charge in [0.15, 0.2) is 11.8 Å². The Kier molecular flexibility index (Phi) is 8.34. The van der Waals surface area contributed by atoms with E-state index in [1.165, 1.54) is 47.5 Å². The molecule has 1 fully saturated rings. The van der Waals surface area contributed by atoms with E-state index in [-0.39, 0.29) is 23.2 Å². The van der Waals surface area contributed by atoms with Crippen molar-refractivity contribution in [3.05, 3.63) is 84.2 Å². The van der Waals surface area contributed by atoms with Gasteiger partial charge in [0.1, 0.15) is 22.6 Å². The third-order valence-corrected chi connectivity index (χ3v) is 6.26. The second-order valence-corrected chi connectivity index (χ2v) is 9.10. The van der Waals surface area contributed by atoms with Crippen LogP contribution >= 0.6 is 11.8 Å². The Morgan fingerprint density at radius 3 is 2.39 bits per heavy atom. The third kappa shape index (κ3) is 6.95. The van der Waals surface area contributed by atoms with E-state index >= 15 is 0 Å². The second kappa shape index (κ2) is 12.0. The van der Waals surface area contributed by atoms with Gasteiger partial charge in [-0.3, -0.25) is 14.5 Å². The van der Waals surface area contributed by atoms with Crippen molar-refractivity contribution in [2.45, 2.75) is 11.7 Å². The lowest BCUT2D eigenvalue weighted by Crippen LogP contribution is -2.33. The number of amides is 2. The molecule has 0 saturated carbocycles. The van der Waals surface area contributed by atoms with Crippen molar-refractivity contribution in [3.63, 3.8) is 0 Å². The highest BCUT2D eigenvalue weighted by Crippen LogP contribution is 2.34. The normalized spacial score (nSPS) is 16.2. The minimum absolute atomic E-state index is 0.0237. The van der Waals surface area contributed by atoms with Crippen molar-refractivity contribution in [3.8, 4) is 11.5 Å². The van der Waals surface area contributed by atoms with Gasteiger partial charge in [0, 0.05) is 12.1 Å². The molecular weight excluding hydrogens is 515 g/mol. The SMILES string of the molecule is O=C(O)COc1ccc(C=NN=C2SC(CC(=O)Nc3ccc(F)cc3)C(=O)N2c2ccc(O)cc2)cc1. The fourth-order valence-electron chi connectivity index (χ4n) is 3.36. The predicted octanol–water partition coefficient (Wildman–Crippen LogP) is 3.86. The van der Waals surface area contributed by atoms with Crippen LogP contribution < -0.4 is 15.0 Å². The van der Waals surface area contributed by atoms with Crippen molar-refractivity contribution < 1.29 is 33.7 Å². The van der Waals surface area contributed by atoms with Gasteiger partial charge in [-0.05, 0) is 78.4 Å². The number of aromatic hydroxyl groups is 1. The molecule has 1 heterocycles. The molecule has 1 atom stereocenters. The first-order valence-corrected chi connectivity index (χ1v) is 12.1. The largest absolute Gasteiger partial charge is 0.508 e. The zero-order valence-corrected chi connectivity index (χ0v) is 20.5. The number of phenols is 1. The molecule has 3 N–H and O–H groups in total. The molecule has 0 aromatic heterocycles. The number of amidine groups is 1. The Labute approximate surface area is 220 Å². The fourth-order valence-corrected chi connectivity index (χ4v) is 4.45. The van der Waals surface area contributed by atoms with E-state index in [2.05, 4.69) is 15.5 Å². The summed E-state index contributed by atoms with van der Waals surface area (Å²) in [7, 11) is 0. The van der Waals surface area contributed by atoms with Gasteiger partial charge in [0.25, 0.3) is 0 Å². The predicted molar refractivity (Wildman–Crippen MR) is 141 cm³/mol. The maximum Gasteiger partial charge on any atom is 0.341 e. The summed E-state index contributed by atoms with van der Waals surface area (Å²) in [6.45, 7) is -0.456. The summed E-state index contributed by atoms with van der Waals surface area (Å²) in [5.41, 5.74) is 1.49. The highest BCUT2D eigenvalue weighted by molar-refractivity contribution is 8.16. The number of benzene rings is 3. The van der Waals surface area contributed by atoms with Gasteiger partial charge in [0.2, 0.25) is 11.8 Å². The zero-order valence-electron chi connectivity index (χ0n) is 19.7. The summed E-state index contributed by atoms with van der Waals surface area (Å²) in [6, 6.07) is 17.7.